The highest BCUT2D eigenvalue weighted by Crippen LogP contribution is 2.15. The molecule has 0 fully saturated rings. The van der Waals surface area contributed by atoms with Gasteiger partial charge < -0.3 is 5.73 Å². The molecule has 0 bridgehead atoms. The molecule has 0 aliphatic heterocycles. The van der Waals surface area contributed by atoms with Crippen LogP contribution in [0, 0.1) is 5.92 Å². The zero-order valence-corrected chi connectivity index (χ0v) is 8.02. The van der Waals surface area contributed by atoms with E-state index in [0.717, 1.165) is 12.1 Å². The Labute approximate surface area is 70.0 Å². The van der Waals surface area contributed by atoms with E-state index in [2.05, 4.69) is 32.9 Å². The second kappa shape index (κ2) is 5.00. The molecule has 0 aromatic carbocycles. The van der Waals surface area contributed by atoms with Crippen LogP contribution in [0.4, 0.5) is 0 Å². The molecular formula is C10H19N. The van der Waals surface area contributed by atoms with E-state index in [0.29, 0.717) is 5.92 Å². The van der Waals surface area contributed by atoms with Crippen LogP contribution in [0.2, 0.25) is 0 Å². The molecule has 0 radical (unpaired) electrons. The van der Waals surface area contributed by atoms with Crippen molar-refractivity contribution in [1.82, 2.24) is 0 Å². The van der Waals surface area contributed by atoms with E-state index < -0.39 is 0 Å². The molecular weight excluding hydrogens is 134 g/mol. The van der Waals surface area contributed by atoms with Crippen molar-refractivity contribution in [2.75, 3.05) is 0 Å². The molecule has 0 aromatic heterocycles. The van der Waals surface area contributed by atoms with Crippen molar-refractivity contribution < 1.29 is 0 Å². The topological polar surface area (TPSA) is 26.0 Å². The van der Waals surface area contributed by atoms with Crippen molar-refractivity contribution in [2.24, 2.45) is 11.7 Å². The predicted octanol–water partition coefficient (Wildman–Crippen LogP) is 2.84. The number of nitrogens with two attached hydrogens (primary N) is 1. The van der Waals surface area contributed by atoms with Crippen LogP contribution in [-0.4, -0.2) is 0 Å². The van der Waals surface area contributed by atoms with Gasteiger partial charge in [-0.25, -0.2) is 0 Å². The molecule has 0 aromatic rings. The summed E-state index contributed by atoms with van der Waals surface area (Å²) in [6, 6.07) is 0. The van der Waals surface area contributed by atoms with Crippen molar-refractivity contribution in [1.29, 1.82) is 0 Å². The van der Waals surface area contributed by atoms with Crippen LogP contribution in [0.5, 0.6) is 0 Å². The minimum absolute atomic E-state index is 0.530. The molecule has 64 valence electrons. The summed E-state index contributed by atoms with van der Waals surface area (Å²) in [5.41, 5.74) is 8.02. The third-order valence-electron chi connectivity index (χ3n) is 1.69. The maximum atomic E-state index is 5.83. The highest BCUT2D eigenvalue weighted by Gasteiger charge is 2.03. The third-order valence-corrected chi connectivity index (χ3v) is 1.69. The van der Waals surface area contributed by atoms with Gasteiger partial charge in [0.2, 0.25) is 0 Å². The van der Waals surface area contributed by atoms with Crippen molar-refractivity contribution >= 4 is 0 Å². The fourth-order valence-corrected chi connectivity index (χ4v) is 1.17. The molecule has 1 heteroatoms. The van der Waals surface area contributed by atoms with Gasteiger partial charge >= 0.3 is 0 Å². The van der Waals surface area contributed by atoms with Crippen LogP contribution in [0.1, 0.15) is 34.1 Å². The molecule has 0 unspecified atom stereocenters. The highest BCUT2D eigenvalue weighted by molar-refractivity contribution is 5.28. The summed E-state index contributed by atoms with van der Waals surface area (Å²) in [6.07, 6.45) is 5.16. The van der Waals surface area contributed by atoms with Gasteiger partial charge in [0.05, 0.1) is 0 Å². The minimum Gasteiger partial charge on any atom is -0.399 e. The average Bonchev–Trinajstić information content (AvgIpc) is 1.88. The Bertz CT molecular complexity index is 164. The molecule has 0 heterocycles. The Hall–Kier alpha value is -0.720. The maximum Gasteiger partial charge on any atom is 0.0305 e. The number of allylic oxidation sites excluding steroid dienone is 3. The van der Waals surface area contributed by atoms with Gasteiger partial charge in [0.25, 0.3) is 0 Å². The van der Waals surface area contributed by atoms with Crippen LogP contribution in [0.25, 0.3) is 0 Å². The van der Waals surface area contributed by atoms with E-state index >= 15 is 0 Å². The summed E-state index contributed by atoms with van der Waals surface area (Å²) in [6.45, 7) is 8.45. The Balaban J connectivity index is 4.40. The van der Waals surface area contributed by atoms with Gasteiger partial charge in [0.15, 0.2) is 0 Å². The average molecular weight is 153 g/mol. The number of hydrogen-bond donors (Lipinski definition) is 1. The zero-order valence-electron chi connectivity index (χ0n) is 8.02. The van der Waals surface area contributed by atoms with Gasteiger partial charge in [-0.2, -0.15) is 0 Å². The van der Waals surface area contributed by atoms with Gasteiger partial charge in [-0.1, -0.05) is 32.9 Å². The van der Waals surface area contributed by atoms with Crippen LogP contribution < -0.4 is 5.73 Å². The molecule has 0 aliphatic rings. The van der Waals surface area contributed by atoms with E-state index in [1.54, 1.807) is 0 Å². The van der Waals surface area contributed by atoms with Crippen LogP contribution in [0.15, 0.2) is 23.4 Å². The number of rotatable bonds is 3. The quantitative estimate of drug-likeness (QED) is 0.620. The summed E-state index contributed by atoms with van der Waals surface area (Å²) in [4.78, 5) is 0. The zero-order chi connectivity index (χ0) is 8.85. The molecule has 0 aliphatic carbocycles. The fourth-order valence-electron chi connectivity index (χ4n) is 1.17. The minimum atomic E-state index is 0.530. The summed E-state index contributed by atoms with van der Waals surface area (Å²) >= 11 is 0. The van der Waals surface area contributed by atoms with E-state index in [1.165, 1.54) is 5.57 Å². The molecule has 0 saturated heterocycles. The van der Waals surface area contributed by atoms with Crippen LogP contribution in [0.3, 0.4) is 0 Å². The summed E-state index contributed by atoms with van der Waals surface area (Å²) < 4.78 is 0. The van der Waals surface area contributed by atoms with Gasteiger partial charge in [-0.3, -0.25) is 0 Å². The first-order chi connectivity index (χ1) is 5.13. The lowest BCUT2D eigenvalue weighted by Gasteiger charge is -2.10. The molecule has 1 nitrogen and oxygen atoms in total. The molecule has 0 spiro atoms. The SMILES string of the molecule is C/C=C(\C(N)=C/CC)C(C)C. The Morgan fingerprint density at radius 3 is 2.27 bits per heavy atom. The van der Waals surface area contributed by atoms with Crippen molar-refractivity contribution in [3.8, 4) is 0 Å². The molecule has 0 atom stereocenters. The van der Waals surface area contributed by atoms with Crippen LogP contribution >= 0.6 is 0 Å². The van der Waals surface area contributed by atoms with Crippen molar-refractivity contribution in [3.63, 3.8) is 0 Å². The monoisotopic (exact) mass is 153 g/mol. The third kappa shape index (κ3) is 3.26. The lowest BCUT2D eigenvalue weighted by molar-refractivity contribution is 0.770. The molecule has 0 amide bonds. The summed E-state index contributed by atoms with van der Waals surface area (Å²) in [7, 11) is 0. The molecule has 11 heavy (non-hydrogen) atoms. The first-order valence-corrected chi connectivity index (χ1v) is 4.25. The van der Waals surface area contributed by atoms with Gasteiger partial charge in [0.1, 0.15) is 0 Å². The smallest absolute Gasteiger partial charge is 0.0305 e. The Kier molecular flexibility index (Phi) is 4.67. The highest BCUT2D eigenvalue weighted by atomic mass is 14.6. The van der Waals surface area contributed by atoms with Crippen molar-refractivity contribution in [2.45, 2.75) is 34.1 Å². The largest absolute Gasteiger partial charge is 0.399 e. The van der Waals surface area contributed by atoms with Crippen LogP contribution in [-0.2, 0) is 0 Å². The maximum absolute atomic E-state index is 5.83. The first kappa shape index (κ1) is 10.3. The standard InChI is InChI=1S/C10H19N/c1-5-7-10(11)9(6-2)8(3)4/h6-8H,5,11H2,1-4H3/b9-6-,10-7+. The second-order valence-corrected chi connectivity index (χ2v) is 2.97. The first-order valence-electron chi connectivity index (χ1n) is 4.25. The van der Waals surface area contributed by atoms with Gasteiger partial charge in [-0.15, -0.1) is 0 Å². The fraction of sp³-hybridized carbons (Fsp3) is 0.600. The molecule has 2 N–H and O–H groups in total. The predicted molar refractivity (Wildman–Crippen MR) is 51.2 cm³/mol. The Morgan fingerprint density at radius 2 is 2.00 bits per heavy atom. The second-order valence-electron chi connectivity index (χ2n) is 2.97. The van der Waals surface area contributed by atoms with Gasteiger partial charge in [0, 0.05) is 5.70 Å². The van der Waals surface area contributed by atoms with Crippen molar-refractivity contribution in [3.05, 3.63) is 23.4 Å². The number of hydrogen-bond acceptors (Lipinski definition) is 1. The summed E-state index contributed by atoms with van der Waals surface area (Å²) in [5, 5.41) is 0. The lowest BCUT2D eigenvalue weighted by atomic mass is 9.99. The Morgan fingerprint density at radius 1 is 1.45 bits per heavy atom. The van der Waals surface area contributed by atoms with Gasteiger partial charge in [-0.05, 0) is 24.8 Å². The van der Waals surface area contributed by atoms with E-state index in [4.69, 9.17) is 5.73 Å². The normalized spacial score (nSPS) is 14.3. The lowest BCUT2D eigenvalue weighted by Crippen LogP contribution is -2.06. The van der Waals surface area contributed by atoms with E-state index in [9.17, 15) is 0 Å². The molecule has 0 saturated carbocycles. The van der Waals surface area contributed by atoms with E-state index in [-0.39, 0.29) is 0 Å². The van der Waals surface area contributed by atoms with E-state index in [1.807, 2.05) is 6.92 Å². The molecule has 0 rings (SSSR count). The summed E-state index contributed by atoms with van der Waals surface area (Å²) in [5.74, 6) is 0.530.